The zero-order valence-corrected chi connectivity index (χ0v) is 16.1. The van der Waals surface area contributed by atoms with E-state index in [1.165, 1.54) is 17.0 Å². The number of hydrogen-bond donors (Lipinski definition) is 1. The minimum atomic E-state index is -1.09. The summed E-state index contributed by atoms with van der Waals surface area (Å²) in [6.45, 7) is 3.61. The molecule has 4 nitrogen and oxygen atoms in total. The number of thiophene rings is 1. The highest BCUT2D eigenvalue weighted by Gasteiger charge is 2.28. The van der Waals surface area contributed by atoms with Crippen molar-refractivity contribution in [2.45, 2.75) is 19.9 Å². The van der Waals surface area contributed by atoms with Crippen molar-refractivity contribution in [2.75, 3.05) is 4.90 Å². The average molecular weight is 437 g/mol. The highest BCUT2D eigenvalue weighted by Crippen LogP contribution is 2.36. The van der Waals surface area contributed by atoms with Crippen LogP contribution in [0.2, 0.25) is 10.0 Å². The molecule has 2 aromatic rings. The van der Waals surface area contributed by atoms with E-state index in [9.17, 15) is 14.7 Å². The largest absolute Gasteiger partial charge is 0.477 e. The summed E-state index contributed by atoms with van der Waals surface area (Å²) in [4.78, 5) is 25.8. The SMILES string of the molecule is CC(C)N(C(=O)c1ccc(Cl)cc1Cl)c1cc(Br)sc1C(=O)O. The molecule has 1 N–H and O–H groups in total. The summed E-state index contributed by atoms with van der Waals surface area (Å²) < 4.78 is 0.630. The lowest BCUT2D eigenvalue weighted by Crippen LogP contribution is -2.37. The number of rotatable bonds is 4. The Kier molecular flexibility index (Phi) is 5.73. The summed E-state index contributed by atoms with van der Waals surface area (Å²) in [6, 6.07) is 5.95. The van der Waals surface area contributed by atoms with E-state index in [2.05, 4.69) is 15.9 Å². The van der Waals surface area contributed by atoms with Crippen molar-refractivity contribution < 1.29 is 14.7 Å². The van der Waals surface area contributed by atoms with Gasteiger partial charge in [0.1, 0.15) is 4.88 Å². The van der Waals surface area contributed by atoms with Crippen LogP contribution in [0.25, 0.3) is 0 Å². The number of amides is 1. The number of carboxylic acid groups (broad SMARTS) is 1. The summed E-state index contributed by atoms with van der Waals surface area (Å²) in [6.07, 6.45) is 0. The Hall–Kier alpha value is -1.08. The van der Waals surface area contributed by atoms with Gasteiger partial charge in [0.2, 0.25) is 0 Å². The fourth-order valence-corrected chi connectivity index (χ4v) is 4.01. The molecule has 0 aliphatic carbocycles. The van der Waals surface area contributed by atoms with E-state index in [1.54, 1.807) is 26.0 Å². The van der Waals surface area contributed by atoms with E-state index in [1.807, 2.05) is 0 Å². The van der Waals surface area contributed by atoms with E-state index in [0.29, 0.717) is 14.5 Å². The first kappa shape index (κ1) is 18.3. The third-order valence-electron chi connectivity index (χ3n) is 3.03. The second-order valence-electron chi connectivity index (χ2n) is 4.96. The minimum Gasteiger partial charge on any atom is -0.477 e. The van der Waals surface area contributed by atoms with Crippen LogP contribution >= 0.6 is 50.5 Å². The van der Waals surface area contributed by atoms with Gasteiger partial charge in [-0.3, -0.25) is 4.79 Å². The van der Waals surface area contributed by atoms with Crippen LogP contribution in [0.3, 0.4) is 0 Å². The standard InChI is InChI=1S/C15H12BrCl2NO3S/c1-7(2)19(11-6-12(16)23-13(11)15(21)22)14(20)9-4-3-8(17)5-10(9)18/h3-7H,1-2H3,(H,21,22). The van der Waals surface area contributed by atoms with Gasteiger partial charge >= 0.3 is 5.97 Å². The zero-order valence-electron chi connectivity index (χ0n) is 12.1. The minimum absolute atomic E-state index is 0.0870. The number of anilines is 1. The maximum atomic E-state index is 12.9. The van der Waals surface area contributed by atoms with Gasteiger partial charge in [0.05, 0.1) is 20.1 Å². The van der Waals surface area contributed by atoms with Crippen LogP contribution in [0.5, 0.6) is 0 Å². The van der Waals surface area contributed by atoms with Gasteiger partial charge in [0.15, 0.2) is 0 Å². The lowest BCUT2D eigenvalue weighted by molar-refractivity contribution is 0.0703. The topological polar surface area (TPSA) is 57.6 Å². The summed E-state index contributed by atoms with van der Waals surface area (Å²) >= 11 is 16.3. The Labute approximate surface area is 155 Å². The van der Waals surface area contributed by atoms with E-state index < -0.39 is 5.97 Å². The molecule has 0 aliphatic rings. The van der Waals surface area contributed by atoms with Crippen LogP contribution in [0.1, 0.15) is 33.9 Å². The number of hydrogen-bond acceptors (Lipinski definition) is 3. The molecule has 0 unspecified atom stereocenters. The van der Waals surface area contributed by atoms with Gasteiger partial charge in [-0.2, -0.15) is 0 Å². The van der Waals surface area contributed by atoms with Crippen molar-refractivity contribution in [1.82, 2.24) is 0 Å². The Bertz CT molecular complexity index is 776. The number of carbonyl (C=O) groups excluding carboxylic acids is 1. The molecule has 122 valence electrons. The third-order valence-corrected chi connectivity index (χ3v) is 5.20. The lowest BCUT2D eigenvalue weighted by atomic mass is 10.1. The Balaban J connectivity index is 2.55. The average Bonchev–Trinajstić information content (AvgIpc) is 2.80. The van der Waals surface area contributed by atoms with Gasteiger partial charge < -0.3 is 10.0 Å². The molecule has 0 fully saturated rings. The zero-order chi connectivity index (χ0) is 17.3. The molecule has 8 heteroatoms. The van der Waals surface area contributed by atoms with Crippen LogP contribution in [-0.2, 0) is 0 Å². The third kappa shape index (κ3) is 3.88. The summed E-state index contributed by atoms with van der Waals surface area (Å²) in [7, 11) is 0. The van der Waals surface area contributed by atoms with Crippen LogP contribution < -0.4 is 4.90 Å². The van der Waals surface area contributed by atoms with E-state index in [4.69, 9.17) is 23.2 Å². The number of halogens is 3. The highest BCUT2D eigenvalue weighted by molar-refractivity contribution is 9.11. The summed E-state index contributed by atoms with van der Waals surface area (Å²) in [5.74, 6) is -1.47. The molecular formula is C15H12BrCl2NO3S. The number of carboxylic acids is 1. The highest BCUT2D eigenvalue weighted by atomic mass is 79.9. The number of benzene rings is 1. The summed E-state index contributed by atoms with van der Waals surface area (Å²) in [5.41, 5.74) is 0.601. The molecule has 0 atom stereocenters. The van der Waals surface area contributed by atoms with E-state index >= 15 is 0 Å². The normalized spacial score (nSPS) is 10.9. The molecule has 23 heavy (non-hydrogen) atoms. The van der Waals surface area contributed by atoms with Crippen LogP contribution in [0, 0.1) is 0 Å². The van der Waals surface area contributed by atoms with Crippen molar-refractivity contribution in [3.63, 3.8) is 0 Å². The molecule has 1 amide bonds. The van der Waals surface area contributed by atoms with Gasteiger partial charge in [0.25, 0.3) is 5.91 Å². The second kappa shape index (κ2) is 7.21. The monoisotopic (exact) mass is 435 g/mol. The Morgan fingerprint density at radius 3 is 2.43 bits per heavy atom. The predicted molar refractivity (Wildman–Crippen MR) is 97.4 cm³/mol. The molecule has 1 aromatic heterocycles. The van der Waals surface area contributed by atoms with Gasteiger partial charge in [-0.15, -0.1) is 11.3 Å². The molecule has 1 aromatic carbocycles. The molecule has 0 saturated heterocycles. The number of carbonyl (C=O) groups is 2. The van der Waals surface area contributed by atoms with Gasteiger partial charge in [-0.25, -0.2) is 4.79 Å². The molecular weight excluding hydrogens is 425 g/mol. The van der Waals surface area contributed by atoms with Crippen molar-refractivity contribution in [1.29, 1.82) is 0 Å². The molecule has 0 aliphatic heterocycles. The van der Waals surface area contributed by atoms with Crippen LogP contribution in [-0.4, -0.2) is 23.0 Å². The second-order valence-corrected chi connectivity index (χ2v) is 8.24. The van der Waals surface area contributed by atoms with Crippen LogP contribution in [0.15, 0.2) is 28.1 Å². The summed E-state index contributed by atoms with van der Waals surface area (Å²) in [5, 5.41) is 10.0. The van der Waals surface area contributed by atoms with Gasteiger partial charge in [-0.05, 0) is 54.0 Å². The molecule has 0 radical (unpaired) electrons. The quantitative estimate of drug-likeness (QED) is 0.681. The first-order valence-electron chi connectivity index (χ1n) is 6.53. The Morgan fingerprint density at radius 1 is 1.26 bits per heavy atom. The molecule has 1 heterocycles. The van der Waals surface area contributed by atoms with Crippen molar-refractivity contribution in [3.8, 4) is 0 Å². The van der Waals surface area contributed by atoms with Crippen molar-refractivity contribution >= 4 is 68.0 Å². The van der Waals surface area contributed by atoms with E-state index in [0.717, 1.165) is 11.3 Å². The van der Waals surface area contributed by atoms with Gasteiger partial charge in [0, 0.05) is 11.1 Å². The van der Waals surface area contributed by atoms with Crippen LogP contribution in [0.4, 0.5) is 5.69 Å². The fraction of sp³-hybridized carbons (Fsp3) is 0.200. The lowest BCUT2D eigenvalue weighted by Gasteiger charge is -2.27. The molecule has 2 rings (SSSR count). The fourth-order valence-electron chi connectivity index (χ4n) is 2.10. The van der Waals surface area contributed by atoms with E-state index in [-0.39, 0.29) is 27.4 Å². The number of aromatic carboxylic acids is 1. The van der Waals surface area contributed by atoms with Gasteiger partial charge in [-0.1, -0.05) is 23.2 Å². The number of nitrogens with zero attached hydrogens (tertiary/aromatic N) is 1. The first-order chi connectivity index (χ1) is 10.7. The van der Waals surface area contributed by atoms with Crippen molar-refractivity contribution in [2.24, 2.45) is 0 Å². The predicted octanol–water partition coefficient (Wildman–Crippen LogP) is 5.57. The Morgan fingerprint density at radius 2 is 1.91 bits per heavy atom. The molecule has 0 spiro atoms. The molecule has 0 saturated carbocycles. The van der Waals surface area contributed by atoms with Crippen molar-refractivity contribution in [3.05, 3.63) is 48.5 Å². The maximum Gasteiger partial charge on any atom is 0.348 e. The first-order valence-corrected chi connectivity index (χ1v) is 8.90. The molecule has 0 bridgehead atoms. The smallest absolute Gasteiger partial charge is 0.348 e. The maximum absolute atomic E-state index is 12.9.